The van der Waals surface area contributed by atoms with E-state index in [1.54, 1.807) is 30.3 Å². The number of pyridine rings is 1. The molecule has 2 aromatic heterocycles. The molecule has 0 unspecified atom stereocenters. The van der Waals surface area contributed by atoms with Crippen LogP contribution in [0.25, 0.3) is 16.9 Å². The van der Waals surface area contributed by atoms with Gasteiger partial charge in [-0.1, -0.05) is 23.2 Å². The third kappa shape index (κ3) is 3.68. The summed E-state index contributed by atoms with van der Waals surface area (Å²) in [5, 5.41) is 7.83. The average Bonchev–Trinajstić information content (AvgIpc) is 3.00. The molecule has 26 heavy (non-hydrogen) atoms. The van der Waals surface area contributed by atoms with Crippen molar-refractivity contribution in [3.63, 3.8) is 0 Å². The molecule has 0 atom stereocenters. The second-order valence-corrected chi connectivity index (χ2v) is 6.25. The minimum absolute atomic E-state index is 0.201. The summed E-state index contributed by atoms with van der Waals surface area (Å²) in [6.45, 7) is 1.38. The highest BCUT2D eigenvalue weighted by Gasteiger charge is 2.19. The van der Waals surface area contributed by atoms with Gasteiger partial charge in [0.15, 0.2) is 0 Å². The molecule has 132 valence electrons. The molecule has 0 aliphatic heterocycles. The lowest BCUT2D eigenvalue weighted by Crippen LogP contribution is -2.11. The normalized spacial score (nSPS) is 10.6. The molecule has 2 heterocycles. The third-order valence-corrected chi connectivity index (χ3v) is 4.03. The first kappa shape index (κ1) is 17.9. The van der Waals surface area contributed by atoms with Gasteiger partial charge in [0.2, 0.25) is 5.91 Å². The van der Waals surface area contributed by atoms with Crippen molar-refractivity contribution in [2.24, 2.45) is 5.73 Å². The largest absolute Gasteiger partial charge is 0.365 e. The highest BCUT2D eigenvalue weighted by molar-refractivity contribution is 6.36. The number of nitrogens with two attached hydrogens (primary N) is 1. The SMILES string of the molecule is CC(=O)Nc1cc(-n2cc(C(N)=O)c(-c3ccc(Cl)cc3Cl)n2)ccn1. The summed E-state index contributed by atoms with van der Waals surface area (Å²) >= 11 is 12.2. The summed E-state index contributed by atoms with van der Waals surface area (Å²) in [4.78, 5) is 27.1. The van der Waals surface area contributed by atoms with Gasteiger partial charge in [-0.15, -0.1) is 0 Å². The van der Waals surface area contributed by atoms with E-state index in [0.29, 0.717) is 32.8 Å². The Hall–Kier alpha value is -2.90. The quantitative estimate of drug-likeness (QED) is 0.714. The van der Waals surface area contributed by atoms with Crippen molar-refractivity contribution in [1.82, 2.24) is 14.8 Å². The number of halogens is 2. The maximum absolute atomic E-state index is 11.9. The third-order valence-electron chi connectivity index (χ3n) is 3.48. The Bertz CT molecular complexity index is 1020. The zero-order chi connectivity index (χ0) is 18.8. The predicted molar refractivity (Wildman–Crippen MR) is 99.6 cm³/mol. The minimum Gasteiger partial charge on any atom is -0.365 e. The van der Waals surface area contributed by atoms with E-state index in [9.17, 15) is 9.59 Å². The molecule has 0 saturated carbocycles. The van der Waals surface area contributed by atoms with Gasteiger partial charge in [0.05, 0.1) is 16.3 Å². The van der Waals surface area contributed by atoms with Gasteiger partial charge in [0.25, 0.3) is 5.91 Å². The number of rotatable bonds is 4. The number of nitrogens with zero attached hydrogens (tertiary/aromatic N) is 3. The van der Waals surface area contributed by atoms with E-state index in [1.165, 1.54) is 24.0 Å². The van der Waals surface area contributed by atoms with Crippen LogP contribution in [0.4, 0.5) is 5.82 Å². The van der Waals surface area contributed by atoms with E-state index in [1.807, 2.05) is 0 Å². The van der Waals surface area contributed by atoms with Crippen LogP contribution in [0.1, 0.15) is 17.3 Å². The predicted octanol–water partition coefficient (Wildman–Crippen LogP) is 3.30. The number of hydrogen-bond donors (Lipinski definition) is 2. The van der Waals surface area contributed by atoms with Crippen LogP contribution in [0, 0.1) is 0 Å². The summed E-state index contributed by atoms with van der Waals surface area (Å²) in [5.74, 6) is -0.535. The van der Waals surface area contributed by atoms with Crippen molar-refractivity contribution in [2.75, 3.05) is 5.32 Å². The fourth-order valence-electron chi connectivity index (χ4n) is 2.38. The molecule has 0 spiro atoms. The molecule has 0 bridgehead atoms. The average molecular weight is 390 g/mol. The van der Waals surface area contributed by atoms with Crippen LogP contribution in [0.2, 0.25) is 10.0 Å². The van der Waals surface area contributed by atoms with E-state index in [-0.39, 0.29) is 11.5 Å². The Kier molecular flexibility index (Phi) is 4.92. The van der Waals surface area contributed by atoms with Crippen molar-refractivity contribution in [2.45, 2.75) is 6.92 Å². The molecule has 0 fully saturated rings. The first-order chi connectivity index (χ1) is 12.3. The number of nitrogens with one attached hydrogen (secondary N) is 1. The standard InChI is InChI=1S/C17H13Cl2N5O2/c1-9(25)22-15-7-11(4-5-21-15)24-8-13(17(20)26)16(23-24)12-3-2-10(18)6-14(12)19/h2-8H,1H3,(H2,20,26)(H,21,22,25). The first-order valence-corrected chi connectivity index (χ1v) is 8.19. The van der Waals surface area contributed by atoms with E-state index >= 15 is 0 Å². The Morgan fingerprint density at radius 3 is 2.62 bits per heavy atom. The van der Waals surface area contributed by atoms with Gasteiger partial charge in [0, 0.05) is 36.0 Å². The molecule has 3 rings (SSSR count). The topological polar surface area (TPSA) is 103 Å². The molecule has 3 N–H and O–H groups in total. The summed E-state index contributed by atoms with van der Waals surface area (Å²) < 4.78 is 1.47. The van der Waals surface area contributed by atoms with Crippen LogP contribution in [0.15, 0.2) is 42.7 Å². The van der Waals surface area contributed by atoms with Gasteiger partial charge in [-0.05, 0) is 24.3 Å². The van der Waals surface area contributed by atoms with Crippen molar-refractivity contribution in [3.8, 4) is 16.9 Å². The number of benzene rings is 1. The minimum atomic E-state index is -0.645. The molecule has 3 aromatic rings. The van der Waals surface area contributed by atoms with Gasteiger partial charge in [-0.3, -0.25) is 9.59 Å². The number of aromatic nitrogens is 3. The lowest BCUT2D eigenvalue weighted by Gasteiger charge is -2.05. The van der Waals surface area contributed by atoms with Crippen LogP contribution in [-0.4, -0.2) is 26.6 Å². The van der Waals surface area contributed by atoms with E-state index in [4.69, 9.17) is 28.9 Å². The van der Waals surface area contributed by atoms with Gasteiger partial charge >= 0.3 is 0 Å². The van der Waals surface area contributed by atoms with Crippen molar-refractivity contribution >= 4 is 40.8 Å². The van der Waals surface area contributed by atoms with Crippen LogP contribution < -0.4 is 11.1 Å². The zero-order valence-electron chi connectivity index (χ0n) is 13.5. The lowest BCUT2D eigenvalue weighted by molar-refractivity contribution is -0.114. The van der Waals surface area contributed by atoms with E-state index in [0.717, 1.165) is 0 Å². The first-order valence-electron chi connectivity index (χ1n) is 7.44. The molecule has 0 saturated heterocycles. The van der Waals surface area contributed by atoms with Gasteiger partial charge in [-0.25, -0.2) is 9.67 Å². The second kappa shape index (κ2) is 7.15. The van der Waals surface area contributed by atoms with E-state index in [2.05, 4.69) is 15.4 Å². The summed E-state index contributed by atoms with van der Waals surface area (Å²) in [6, 6.07) is 8.17. The molecule has 0 aliphatic rings. The summed E-state index contributed by atoms with van der Waals surface area (Å²) in [7, 11) is 0. The number of hydrogen-bond acceptors (Lipinski definition) is 4. The van der Waals surface area contributed by atoms with Crippen LogP contribution >= 0.6 is 23.2 Å². The maximum Gasteiger partial charge on any atom is 0.252 e. The highest BCUT2D eigenvalue weighted by atomic mass is 35.5. The number of amides is 2. The van der Waals surface area contributed by atoms with Crippen LogP contribution in [0.3, 0.4) is 0 Å². The maximum atomic E-state index is 11.9. The molecule has 9 heteroatoms. The Morgan fingerprint density at radius 1 is 1.19 bits per heavy atom. The monoisotopic (exact) mass is 389 g/mol. The van der Waals surface area contributed by atoms with Crippen molar-refractivity contribution < 1.29 is 9.59 Å². The molecule has 1 aromatic carbocycles. The second-order valence-electron chi connectivity index (χ2n) is 5.40. The smallest absolute Gasteiger partial charge is 0.252 e. The van der Waals surface area contributed by atoms with Gasteiger partial charge in [0.1, 0.15) is 11.5 Å². The number of carbonyl (C=O) groups is 2. The number of anilines is 1. The molecule has 7 nitrogen and oxygen atoms in total. The van der Waals surface area contributed by atoms with Gasteiger partial charge in [-0.2, -0.15) is 5.10 Å². The number of primary amides is 1. The fourth-order valence-corrected chi connectivity index (χ4v) is 2.88. The zero-order valence-corrected chi connectivity index (χ0v) is 15.0. The van der Waals surface area contributed by atoms with Crippen molar-refractivity contribution in [3.05, 3.63) is 58.3 Å². The Labute approximate surface area is 158 Å². The molecule has 0 aliphatic carbocycles. The van der Waals surface area contributed by atoms with Crippen LogP contribution in [0.5, 0.6) is 0 Å². The summed E-state index contributed by atoms with van der Waals surface area (Å²) in [5.41, 5.74) is 7.13. The molecular weight excluding hydrogens is 377 g/mol. The Balaban J connectivity index is 2.11. The Morgan fingerprint density at radius 2 is 1.96 bits per heavy atom. The lowest BCUT2D eigenvalue weighted by atomic mass is 10.1. The number of carbonyl (C=O) groups excluding carboxylic acids is 2. The van der Waals surface area contributed by atoms with E-state index < -0.39 is 5.91 Å². The molecule has 0 radical (unpaired) electrons. The fraction of sp³-hybridized carbons (Fsp3) is 0.0588. The molecular formula is C17H13Cl2N5O2. The molecule has 2 amide bonds. The summed E-state index contributed by atoms with van der Waals surface area (Å²) in [6.07, 6.45) is 3.01. The van der Waals surface area contributed by atoms with Crippen LogP contribution in [-0.2, 0) is 4.79 Å². The highest BCUT2D eigenvalue weighted by Crippen LogP contribution is 2.32. The van der Waals surface area contributed by atoms with Gasteiger partial charge < -0.3 is 11.1 Å². The van der Waals surface area contributed by atoms with Crippen molar-refractivity contribution in [1.29, 1.82) is 0 Å².